The molecular weight excluding hydrogens is 829 g/mol. The van der Waals surface area contributed by atoms with Crippen LogP contribution in [0, 0.1) is 0 Å². The van der Waals surface area contributed by atoms with Gasteiger partial charge >= 0.3 is 0 Å². The topological polar surface area (TPSA) is 21.3 Å². The molecule has 14 aromatic rings. The van der Waals surface area contributed by atoms with Gasteiger partial charge < -0.3 is 13.9 Å². The van der Waals surface area contributed by atoms with Gasteiger partial charge in [0.15, 0.2) is 0 Å². The van der Waals surface area contributed by atoms with Gasteiger partial charge in [-0.2, -0.15) is 0 Å². The molecule has 0 N–H and O–H groups in total. The standard InChI is InChI=1S/C60H36N2OS2/c1-6-21-50-43(13-1)44-14-2-7-22-51(44)61(50)39-33-29-38(30-34-39)42-35-36-52(57-49-17-5-10-26-56(49)65-60(42)57)62(53-23-12-20-48-46-16-4-9-25-55(46)64-59(48)53)40-31-27-37(28-32-40)41-18-11-19-47-45-15-3-8-24-54(45)63-58(41)47/h1-36H. The molecule has 0 radical (unpaired) electrons. The summed E-state index contributed by atoms with van der Waals surface area (Å²) in [6.07, 6.45) is 0. The maximum Gasteiger partial charge on any atom is 0.143 e. The number of fused-ring (bicyclic) bond motifs is 12. The van der Waals surface area contributed by atoms with Crippen LogP contribution in [0.3, 0.4) is 0 Å². The lowest BCUT2D eigenvalue weighted by Gasteiger charge is -2.28. The van der Waals surface area contributed by atoms with Crippen molar-refractivity contribution in [3.05, 3.63) is 218 Å². The van der Waals surface area contributed by atoms with E-state index >= 15 is 0 Å². The molecule has 0 aliphatic rings. The molecule has 10 aromatic carbocycles. The van der Waals surface area contributed by atoms with Gasteiger partial charge in [0.1, 0.15) is 11.2 Å². The van der Waals surface area contributed by atoms with Crippen LogP contribution in [-0.2, 0) is 0 Å². The Hall–Kier alpha value is -7.96. The smallest absolute Gasteiger partial charge is 0.143 e. The molecule has 0 aliphatic heterocycles. The number of rotatable bonds is 6. The Labute approximate surface area is 381 Å². The Balaban J connectivity index is 0.963. The maximum atomic E-state index is 6.51. The summed E-state index contributed by atoms with van der Waals surface area (Å²) in [6, 6.07) is 79.6. The van der Waals surface area contributed by atoms with E-state index in [2.05, 4.69) is 222 Å². The molecule has 65 heavy (non-hydrogen) atoms. The minimum absolute atomic E-state index is 0.906. The van der Waals surface area contributed by atoms with Crippen molar-refractivity contribution in [2.75, 3.05) is 4.90 Å². The summed E-state index contributed by atoms with van der Waals surface area (Å²) in [4.78, 5) is 2.50. The summed E-state index contributed by atoms with van der Waals surface area (Å²) >= 11 is 3.75. The van der Waals surface area contributed by atoms with Gasteiger partial charge in [0.25, 0.3) is 0 Å². The second kappa shape index (κ2) is 14.3. The fraction of sp³-hybridized carbons (Fsp3) is 0. The summed E-state index contributed by atoms with van der Waals surface area (Å²) in [5, 5.41) is 9.87. The first kappa shape index (κ1) is 36.5. The highest BCUT2D eigenvalue weighted by molar-refractivity contribution is 7.27. The summed E-state index contributed by atoms with van der Waals surface area (Å²) in [5.41, 5.74) is 13.4. The van der Waals surface area contributed by atoms with Gasteiger partial charge in [0.05, 0.1) is 27.1 Å². The molecule has 0 unspecified atom stereocenters. The van der Waals surface area contributed by atoms with E-state index in [9.17, 15) is 0 Å². The zero-order valence-corrected chi connectivity index (χ0v) is 36.5. The monoisotopic (exact) mass is 864 g/mol. The number of hydrogen-bond acceptors (Lipinski definition) is 4. The van der Waals surface area contributed by atoms with Crippen LogP contribution in [0.15, 0.2) is 223 Å². The average Bonchev–Trinajstić information content (AvgIpc) is 4.14. The van der Waals surface area contributed by atoms with Crippen molar-refractivity contribution in [1.82, 2.24) is 4.57 Å². The van der Waals surface area contributed by atoms with Crippen LogP contribution >= 0.6 is 22.7 Å². The van der Waals surface area contributed by atoms with Crippen LogP contribution in [0.5, 0.6) is 0 Å². The van der Waals surface area contributed by atoms with Crippen LogP contribution in [0.1, 0.15) is 0 Å². The molecule has 0 atom stereocenters. The largest absolute Gasteiger partial charge is 0.455 e. The van der Waals surface area contributed by atoms with E-state index < -0.39 is 0 Å². The molecule has 0 saturated carbocycles. The molecule has 0 saturated heterocycles. The Morgan fingerprint density at radius 1 is 0.369 bits per heavy atom. The lowest BCUT2D eigenvalue weighted by molar-refractivity contribution is 0.670. The van der Waals surface area contributed by atoms with Gasteiger partial charge in [-0.1, -0.05) is 152 Å². The first-order valence-electron chi connectivity index (χ1n) is 22.0. The predicted octanol–water partition coefficient (Wildman–Crippen LogP) is 18.2. The molecule has 3 nitrogen and oxygen atoms in total. The quantitative estimate of drug-likeness (QED) is 0.166. The number of benzene rings is 10. The van der Waals surface area contributed by atoms with Crippen molar-refractivity contribution in [2.45, 2.75) is 0 Å². The van der Waals surface area contributed by atoms with E-state index in [-0.39, 0.29) is 0 Å². The molecule has 5 heteroatoms. The molecule has 0 fully saturated rings. The summed E-state index contributed by atoms with van der Waals surface area (Å²) < 4.78 is 14.0. The van der Waals surface area contributed by atoms with Crippen molar-refractivity contribution in [3.8, 4) is 27.9 Å². The fourth-order valence-corrected chi connectivity index (χ4v) is 12.8. The van der Waals surface area contributed by atoms with Crippen molar-refractivity contribution in [3.63, 3.8) is 0 Å². The zero-order valence-electron chi connectivity index (χ0n) is 34.9. The van der Waals surface area contributed by atoms with Crippen LogP contribution in [0.4, 0.5) is 17.1 Å². The van der Waals surface area contributed by atoms with Crippen molar-refractivity contribution < 1.29 is 4.42 Å². The highest BCUT2D eigenvalue weighted by Crippen LogP contribution is 2.51. The number of nitrogens with zero attached hydrogens (tertiary/aromatic N) is 2. The predicted molar refractivity (Wildman–Crippen MR) is 279 cm³/mol. The summed E-state index contributed by atoms with van der Waals surface area (Å²) in [7, 11) is 0. The van der Waals surface area contributed by atoms with Gasteiger partial charge in [-0.15, -0.1) is 22.7 Å². The van der Waals surface area contributed by atoms with Gasteiger partial charge in [-0.25, -0.2) is 0 Å². The fourth-order valence-electron chi connectivity index (χ4n) is 10.3. The molecule has 0 spiro atoms. The number of anilines is 3. The molecule has 0 aliphatic carbocycles. The van der Waals surface area contributed by atoms with E-state index in [0.29, 0.717) is 0 Å². The molecule has 304 valence electrons. The van der Waals surface area contributed by atoms with Gasteiger partial charge in [-0.3, -0.25) is 0 Å². The van der Waals surface area contributed by atoms with E-state index in [1.165, 1.54) is 73.3 Å². The number of furan rings is 1. The zero-order chi connectivity index (χ0) is 42.6. The van der Waals surface area contributed by atoms with Crippen molar-refractivity contribution in [2.24, 2.45) is 0 Å². The van der Waals surface area contributed by atoms with Crippen LogP contribution in [-0.4, -0.2) is 4.57 Å². The van der Waals surface area contributed by atoms with E-state index in [1.807, 2.05) is 28.7 Å². The Morgan fingerprint density at radius 3 is 1.71 bits per heavy atom. The summed E-state index contributed by atoms with van der Waals surface area (Å²) in [5.74, 6) is 0. The Kier molecular flexibility index (Phi) is 8.02. The third-order valence-corrected chi connectivity index (χ3v) is 15.6. The third-order valence-electron chi connectivity index (χ3n) is 13.2. The third kappa shape index (κ3) is 5.53. The molecule has 0 amide bonds. The lowest BCUT2D eigenvalue weighted by Crippen LogP contribution is -2.10. The number of para-hydroxylation sites is 4. The normalized spacial score (nSPS) is 12.0. The SMILES string of the molecule is c1ccc2c(c1)oc1c(-c3ccc(N(c4cccc5c4sc4ccccc45)c4ccc(-c5ccc(-n6c7ccccc7c7ccccc76)cc5)c5sc6ccccc6c45)cc3)cccc12. The van der Waals surface area contributed by atoms with Gasteiger partial charge in [0.2, 0.25) is 0 Å². The lowest BCUT2D eigenvalue weighted by atomic mass is 9.99. The first-order chi connectivity index (χ1) is 32.2. The van der Waals surface area contributed by atoms with Crippen LogP contribution in [0.25, 0.3) is 112 Å². The first-order valence-corrected chi connectivity index (χ1v) is 23.6. The number of aromatic nitrogens is 1. The van der Waals surface area contributed by atoms with Crippen LogP contribution < -0.4 is 4.90 Å². The second-order valence-corrected chi connectivity index (χ2v) is 18.9. The molecule has 4 heterocycles. The van der Waals surface area contributed by atoms with E-state index in [1.54, 1.807) is 0 Å². The Morgan fingerprint density at radius 2 is 0.938 bits per heavy atom. The molecule has 14 rings (SSSR count). The van der Waals surface area contributed by atoms with Crippen molar-refractivity contribution in [1.29, 1.82) is 0 Å². The maximum absolute atomic E-state index is 6.51. The summed E-state index contributed by atoms with van der Waals surface area (Å²) in [6.45, 7) is 0. The number of thiophene rings is 2. The van der Waals surface area contributed by atoms with E-state index in [0.717, 1.165) is 55.8 Å². The highest BCUT2D eigenvalue weighted by Gasteiger charge is 2.24. The highest BCUT2D eigenvalue weighted by atomic mass is 32.1. The second-order valence-electron chi connectivity index (χ2n) is 16.8. The van der Waals surface area contributed by atoms with Crippen molar-refractivity contribution >= 4 is 124 Å². The molecule has 0 bridgehead atoms. The van der Waals surface area contributed by atoms with Gasteiger partial charge in [0, 0.05) is 74.1 Å². The molecule has 4 aromatic heterocycles. The van der Waals surface area contributed by atoms with Crippen LogP contribution in [0.2, 0.25) is 0 Å². The van der Waals surface area contributed by atoms with E-state index in [4.69, 9.17) is 4.42 Å². The number of hydrogen-bond donors (Lipinski definition) is 0. The molecular formula is C60H36N2OS2. The van der Waals surface area contributed by atoms with Gasteiger partial charge in [-0.05, 0) is 83.4 Å². The minimum Gasteiger partial charge on any atom is -0.455 e. The Bertz CT molecular complexity index is 4130. The minimum atomic E-state index is 0.906. The average molecular weight is 865 g/mol.